The molecule has 1 aliphatic heterocycles. The summed E-state index contributed by atoms with van der Waals surface area (Å²) in [6.45, 7) is 3.46. The van der Waals surface area contributed by atoms with Crippen molar-refractivity contribution in [1.29, 1.82) is 0 Å². The van der Waals surface area contributed by atoms with Crippen LogP contribution < -0.4 is 5.32 Å². The van der Waals surface area contributed by atoms with Crippen molar-refractivity contribution < 1.29 is 9.59 Å². The lowest BCUT2D eigenvalue weighted by atomic mass is 10.0. The highest BCUT2D eigenvalue weighted by Crippen LogP contribution is 2.17. The Morgan fingerprint density at radius 1 is 1.42 bits per heavy atom. The van der Waals surface area contributed by atoms with Crippen LogP contribution in [0.4, 0.5) is 0 Å². The van der Waals surface area contributed by atoms with Crippen molar-refractivity contribution >= 4 is 23.2 Å². The highest BCUT2D eigenvalue weighted by Gasteiger charge is 2.24. The second-order valence-electron chi connectivity index (χ2n) is 4.86. The molecule has 1 aromatic rings. The van der Waals surface area contributed by atoms with Crippen LogP contribution in [-0.2, 0) is 4.79 Å². The van der Waals surface area contributed by atoms with Gasteiger partial charge in [0, 0.05) is 25.6 Å². The molecule has 0 aliphatic carbocycles. The monoisotopic (exact) mass is 280 g/mol. The molecule has 0 bridgehead atoms. The minimum absolute atomic E-state index is 0.119. The zero-order valence-corrected chi connectivity index (χ0v) is 12.0. The van der Waals surface area contributed by atoms with E-state index in [4.69, 9.17) is 0 Å². The molecule has 1 aliphatic rings. The number of hydrogen-bond donors (Lipinski definition) is 1. The topological polar surface area (TPSA) is 49.4 Å². The van der Waals surface area contributed by atoms with Gasteiger partial charge in [0.1, 0.15) is 0 Å². The predicted octanol–water partition coefficient (Wildman–Crippen LogP) is 2.27. The molecule has 2 rings (SSSR count). The first kappa shape index (κ1) is 14.1. The molecule has 0 atom stereocenters. The first-order valence-corrected chi connectivity index (χ1v) is 7.70. The Morgan fingerprint density at radius 2 is 2.16 bits per heavy atom. The molecule has 1 aromatic heterocycles. The van der Waals surface area contributed by atoms with Crippen LogP contribution in [0.2, 0.25) is 0 Å². The quantitative estimate of drug-likeness (QED) is 0.919. The zero-order valence-electron chi connectivity index (χ0n) is 11.2. The molecule has 1 N–H and O–H groups in total. The molecule has 5 heteroatoms. The number of nitrogens with one attached hydrogen (secondary N) is 1. The summed E-state index contributed by atoms with van der Waals surface area (Å²) in [5.41, 5.74) is 0. The van der Waals surface area contributed by atoms with Gasteiger partial charge in [0.25, 0.3) is 5.91 Å². The van der Waals surface area contributed by atoms with Crippen LogP contribution in [0.25, 0.3) is 0 Å². The number of likely N-dealkylation sites (tertiary alicyclic amines) is 1. The van der Waals surface area contributed by atoms with E-state index in [-0.39, 0.29) is 17.9 Å². The van der Waals surface area contributed by atoms with E-state index in [1.165, 1.54) is 11.3 Å². The van der Waals surface area contributed by atoms with Gasteiger partial charge in [0.05, 0.1) is 4.88 Å². The van der Waals surface area contributed by atoms with Crippen LogP contribution in [0.5, 0.6) is 0 Å². The van der Waals surface area contributed by atoms with Crippen LogP contribution >= 0.6 is 11.3 Å². The van der Waals surface area contributed by atoms with Crippen molar-refractivity contribution in [2.45, 2.75) is 38.6 Å². The minimum Gasteiger partial charge on any atom is -0.353 e. The fraction of sp³-hybridized carbons (Fsp3) is 0.571. The molecule has 0 spiro atoms. The molecule has 19 heavy (non-hydrogen) atoms. The molecule has 0 radical (unpaired) electrons. The average molecular weight is 280 g/mol. The lowest BCUT2D eigenvalue weighted by molar-refractivity contribution is -0.122. The maximum atomic E-state index is 12.1. The molecule has 0 saturated carbocycles. The average Bonchev–Trinajstić information content (AvgIpc) is 2.93. The Balaban J connectivity index is 1.79. The van der Waals surface area contributed by atoms with Gasteiger partial charge in [0.2, 0.25) is 5.91 Å². The van der Waals surface area contributed by atoms with Crippen molar-refractivity contribution in [3.05, 3.63) is 22.4 Å². The third-order valence-corrected chi connectivity index (χ3v) is 4.21. The highest BCUT2D eigenvalue weighted by molar-refractivity contribution is 7.12. The molecular weight excluding hydrogens is 260 g/mol. The number of hydrogen-bond acceptors (Lipinski definition) is 3. The van der Waals surface area contributed by atoms with Gasteiger partial charge in [0.15, 0.2) is 0 Å². The van der Waals surface area contributed by atoms with Crippen LogP contribution in [0.3, 0.4) is 0 Å². The van der Waals surface area contributed by atoms with E-state index in [1.807, 2.05) is 29.3 Å². The number of carbonyl (C=O) groups is 2. The maximum Gasteiger partial charge on any atom is 0.263 e. The van der Waals surface area contributed by atoms with Crippen LogP contribution in [-0.4, -0.2) is 35.8 Å². The summed E-state index contributed by atoms with van der Waals surface area (Å²) in [5, 5.41) is 4.96. The van der Waals surface area contributed by atoms with E-state index >= 15 is 0 Å². The molecule has 0 aromatic carbocycles. The van der Waals surface area contributed by atoms with Gasteiger partial charge in [-0.15, -0.1) is 11.3 Å². The van der Waals surface area contributed by atoms with Gasteiger partial charge >= 0.3 is 0 Å². The van der Waals surface area contributed by atoms with Crippen molar-refractivity contribution in [1.82, 2.24) is 10.2 Å². The van der Waals surface area contributed by atoms with Crippen molar-refractivity contribution in [2.75, 3.05) is 13.1 Å². The molecule has 2 amide bonds. The largest absolute Gasteiger partial charge is 0.353 e. The number of carbonyl (C=O) groups excluding carboxylic acids is 2. The summed E-state index contributed by atoms with van der Waals surface area (Å²) < 4.78 is 0. The zero-order chi connectivity index (χ0) is 13.7. The Bertz CT molecular complexity index is 423. The summed E-state index contributed by atoms with van der Waals surface area (Å²) in [6.07, 6.45) is 3.18. The lowest BCUT2D eigenvalue weighted by Crippen LogP contribution is -2.46. The normalized spacial score (nSPS) is 16.4. The third-order valence-electron chi connectivity index (χ3n) is 3.36. The number of piperidine rings is 1. The standard InChI is InChI=1S/C14H20N2O2S/c1-2-4-13(17)15-11-6-8-16(9-7-11)14(18)12-5-3-10-19-12/h3,5,10-11H,2,4,6-9H2,1H3,(H,15,17). The second-order valence-corrected chi connectivity index (χ2v) is 5.81. The highest BCUT2D eigenvalue weighted by atomic mass is 32.1. The maximum absolute atomic E-state index is 12.1. The van der Waals surface area contributed by atoms with E-state index in [0.29, 0.717) is 6.42 Å². The van der Waals surface area contributed by atoms with E-state index < -0.39 is 0 Å². The van der Waals surface area contributed by atoms with Gasteiger partial charge in [-0.05, 0) is 30.7 Å². The number of amides is 2. The van der Waals surface area contributed by atoms with Gasteiger partial charge in [-0.2, -0.15) is 0 Å². The van der Waals surface area contributed by atoms with E-state index in [2.05, 4.69) is 5.32 Å². The first-order valence-electron chi connectivity index (χ1n) is 6.83. The summed E-state index contributed by atoms with van der Waals surface area (Å²) >= 11 is 1.48. The van der Waals surface area contributed by atoms with Crippen LogP contribution in [0, 0.1) is 0 Å². The van der Waals surface area contributed by atoms with Gasteiger partial charge < -0.3 is 10.2 Å². The predicted molar refractivity (Wildman–Crippen MR) is 76.3 cm³/mol. The van der Waals surface area contributed by atoms with E-state index in [1.54, 1.807) is 0 Å². The number of nitrogens with zero attached hydrogens (tertiary/aromatic N) is 1. The Hall–Kier alpha value is -1.36. The number of thiophene rings is 1. The smallest absolute Gasteiger partial charge is 0.263 e. The number of rotatable bonds is 4. The molecular formula is C14H20N2O2S. The molecule has 0 unspecified atom stereocenters. The fourth-order valence-corrected chi connectivity index (χ4v) is 3.00. The SMILES string of the molecule is CCCC(=O)NC1CCN(C(=O)c2cccs2)CC1. The molecule has 104 valence electrons. The minimum atomic E-state index is 0.119. The summed E-state index contributed by atoms with van der Waals surface area (Å²) in [6, 6.07) is 3.99. The van der Waals surface area contributed by atoms with Crippen molar-refractivity contribution in [2.24, 2.45) is 0 Å². The molecule has 1 fully saturated rings. The Labute approximate surface area is 117 Å². The van der Waals surface area contributed by atoms with Crippen LogP contribution in [0.15, 0.2) is 17.5 Å². The van der Waals surface area contributed by atoms with Crippen molar-refractivity contribution in [3.8, 4) is 0 Å². The van der Waals surface area contributed by atoms with Crippen molar-refractivity contribution in [3.63, 3.8) is 0 Å². The van der Waals surface area contributed by atoms with Gasteiger partial charge in [-0.3, -0.25) is 9.59 Å². The van der Waals surface area contributed by atoms with E-state index in [0.717, 1.165) is 37.2 Å². The summed E-state index contributed by atoms with van der Waals surface area (Å²) in [4.78, 5) is 26.3. The molecule has 4 nitrogen and oxygen atoms in total. The third kappa shape index (κ3) is 3.80. The van der Waals surface area contributed by atoms with Crippen LogP contribution in [0.1, 0.15) is 42.3 Å². The summed E-state index contributed by atoms with van der Waals surface area (Å²) in [5.74, 6) is 0.249. The van der Waals surface area contributed by atoms with Gasteiger partial charge in [-0.25, -0.2) is 0 Å². The van der Waals surface area contributed by atoms with Gasteiger partial charge in [-0.1, -0.05) is 13.0 Å². The molecule has 2 heterocycles. The lowest BCUT2D eigenvalue weighted by Gasteiger charge is -2.32. The Kier molecular flexibility index (Phi) is 4.96. The first-order chi connectivity index (χ1) is 9.20. The summed E-state index contributed by atoms with van der Waals surface area (Å²) in [7, 11) is 0. The molecule has 1 saturated heterocycles. The Morgan fingerprint density at radius 3 is 2.74 bits per heavy atom. The fourth-order valence-electron chi connectivity index (χ4n) is 2.31. The van der Waals surface area contributed by atoms with E-state index in [9.17, 15) is 9.59 Å². The second kappa shape index (κ2) is 6.70.